The van der Waals surface area contributed by atoms with E-state index >= 15 is 0 Å². The van der Waals surface area contributed by atoms with Crippen molar-refractivity contribution in [2.24, 2.45) is 0 Å². The van der Waals surface area contributed by atoms with Crippen molar-refractivity contribution in [3.63, 3.8) is 0 Å². The molecule has 1 amide bonds. The summed E-state index contributed by atoms with van der Waals surface area (Å²) in [5.41, 5.74) is 3.58. The molecule has 19 heavy (non-hydrogen) atoms. The largest absolute Gasteiger partial charge is 0.321 e. The topological polar surface area (TPSA) is 54.9 Å². The number of rotatable bonds is 2. The van der Waals surface area contributed by atoms with Crippen LogP contribution in [0.5, 0.6) is 0 Å². The number of aromatic nitrogens is 2. The fraction of sp³-hybridized carbons (Fsp3) is 0.214. The van der Waals surface area contributed by atoms with E-state index in [4.69, 9.17) is 11.6 Å². The lowest BCUT2D eigenvalue weighted by atomic mass is 10.1. The Balaban J connectivity index is 2.26. The first-order valence-electron chi connectivity index (χ1n) is 5.84. The molecule has 0 unspecified atom stereocenters. The molecule has 1 aromatic heterocycles. The van der Waals surface area contributed by atoms with Gasteiger partial charge in [-0.05, 0) is 44.5 Å². The number of halogens is 1. The van der Waals surface area contributed by atoms with Crippen LogP contribution in [0.4, 0.5) is 5.69 Å². The van der Waals surface area contributed by atoms with Crippen LogP contribution in [0, 0.1) is 20.8 Å². The molecule has 4 nitrogen and oxygen atoms in total. The van der Waals surface area contributed by atoms with Crippen LogP contribution >= 0.6 is 11.6 Å². The smallest absolute Gasteiger partial charge is 0.274 e. The van der Waals surface area contributed by atoms with Crippen molar-refractivity contribution < 1.29 is 4.79 Å². The molecule has 98 valence electrons. The molecule has 0 fully saturated rings. The quantitative estimate of drug-likeness (QED) is 0.915. The van der Waals surface area contributed by atoms with E-state index in [9.17, 15) is 4.79 Å². The standard InChI is InChI=1S/C14H14ClN3O/c1-8-6-11(4-5-12(8)15)18-14(19)13-9(2)10(3)16-7-17-13/h4-7H,1-3H3,(H,18,19). The van der Waals surface area contributed by atoms with E-state index in [-0.39, 0.29) is 5.91 Å². The summed E-state index contributed by atoms with van der Waals surface area (Å²) < 4.78 is 0. The van der Waals surface area contributed by atoms with Crippen LogP contribution in [0.2, 0.25) is 5.02 Å². The third-order valence-corrected chi connectivity index (χ3v) is 3.39. The Morgan fingerprint density at radius 3 is 2.63 bits per heavy atom. The highest BCUT2D eigenvalue weighted by atomic mass is 35.5. The number of anilines is 1. The van der Waals surface area contributed by atoms with Crippen molar-refractivity contribution in [2.75, 3.05) is 5.32 Å². The summed E-state index contributed by atoms with van der Waals surface area (Å²) in [6.45, 7) is 5.57. The highest BCUT2D eigenvalue weighted by Gasteiger charge is 2.13. The monoisotopic (exact) mass is 275 g/mol. The predicted molar refractivity (Wildman–Crippen MR) is 75.6 cm³/mol. The molecule has 0 spiro atoms. The summed E-state index contributed by atoms with van der Waals surface area (Å²) in [5.74, 6) is -0.246. The van der Waals surface area contributed by atoms with Crippen molar-refractivity contribution >= 4 is 23.2 Å². The minimum atomic E-state index is -0.246. The van der Waals surface area contributed by atoms with Gasteiger partial charge in [-0.2, -0.15) is 0 Å². The molecule has 5 heteroatoms. The SMILES string of the molecule is Cc1cc(NC(=O)c2ncnc(C)c2C)ccc1Cl. The normalized spacial score (nSPS) is 10.3. The Kier molecular flexibility index (Phi) is 3.81. The minimum absolute atomic E-state index is 0.246. The average Bonchev–Trinajstić information content (AvgIpc) is 2.37. The fourth-order valence-corrected chi connectivity index (χ4v) is 1.80. The second-order valence-electron chi connectivity index (χ2n) is 4.35. The van der Waals surface area contributed by atoms with Gasteiger partial charge in [-0.25, -0.2) is 9.97 Å². The van der Waals surface area contributed by atoms with Gasteiger partial charge in [0.05, 0.1) is 0 Å². The van der Waals surface area contributed by atoms with Crippen LogP contribution in [0.15, 0.2) is 24.5 Å². The number of carbonyl (C=O) groups is 1. The molecule has 1 aromatic carbocycles. The number of carbonyl (C=O) groups excluding carboxylic acids is 1. The Hall–Kier alpha value is -1.94. The molecule has 1 N–H and O–H groups in total. The summed E-state index contributed by atoms with van der Waals surface area (Å²) in [6.07, 6.45) is 1.39. The molecule has 0 bridgehead atoms. The van der Waals surface area contributed by atoms with Gasteiger partial charge in [0.25, 0.3) is 5.91 Å². The number of nitrogens with one attached hydrogen (secondary N) is 1. The molecule has 0 aliphatic carbocycles. The van der Waals surface area contributed by atoms with Gasteiger partial charge in [0, 0.05) is 22.0 Å². The molecular weight excluding hydrogens is 262 g/mol. The molecule has 1 heterocycles. The maximum absolute atomic E-state index is 12.1. The Morgan fingerprint density at radius 2 is 1.95 bits per heavy atom. The van der Waals surface area contributed by atoms with Crippen LogP contribution in [-0.4, -0.2) is 15.9 Å². The number of amides is 1. The fourth-order valence-electron chi connectivity index (χ4n) is 1.68. The van der Waals surface area contributed by atoms with Crippen molar-refractivity contribution in [1.29, 1.82) is 0 Å². The number of aryl methyl sites for hydroxylation is 2. The zero-order valence-electron chi connectivity index (χ0n) is 11.0. The summed E-state index contributed by atoms with van der Waals surface area (Å²) in [4.78, 5) is 20.2. The van der Waals surface area contributed by atoms with E-state index in [1.165, 1.54) is 6.33 Å². The highest BCUT2D eigenvalue weighted by molar-refractivity contribution is 6.31. The molecule has 0 atom stereocenters. The molecule has 0 aliphatic heterocycles. The Labute approximate surface area is 116 Å². The van der Waals surface area contributed by atoms with E-state index < -0.39 is 0 Å². The van der Waals surface area contributed by atoms with Gasteiger partial charge >= 0.3 is 0 Å². The predicted octanol–water partition coefficient (Wildman–Crippen LogP) is 3.31. The second kappa shape index (κ2) is 5.36. The molecule has 0 aliphatic rings. The van der Waals surface area contributed by atoms with Crippen LogP contribution in [0.3, 0.4) is 0 Å². The number of hydrogen-bond acceptors (Lipinski definition) is 3. The van der Waals surface area contributed by atoms with E-state index in [0.29, 0.717) is 16.4 Å². The number of hydrogen-bond donors (Lipinski definition) is 1. The Morgan fingerprint density at radius 1 is 1.21 bits per heavy atom. The summed E-state index contributed by atoms with van der Waals surface area (Å²) in [7, 11) is 0. The highest BCUT2D eigenvalue weighted by Crippen LogP contribution is 2.20. The zero-order chi connectivity index (χ0) is 14.0. The van der Waals surface area contributed by atoms with Gasteiger partial charge in [0.15, 0.2) is 0 Å². The summed E-state index contributed by atoms with van der Waals surface area (Å²) >= 11 is 5.95. The van der Waals surface area contributed by atoms with Crippen LogP contribution in [-0.2, 0) is 0 Å². The first kappa shape index (κ1) is 13.5. The van der Waals surface area contributed by atoms with Crippen molar-refractivity contribution in [3.05, 3.63) is 52.1 Å². The van der Waals surface area contributed by atoms with E-state index in [1.807, 2.05) is 26.8 Å². The lowest BCUT2D eigenvalue weighted by Gasteiger charge is -2.09. The maximum atomic E-state index is 12.1. The average molecular weight is 276 g/mol. The first-order chi connectivity index (χ1) is 8.99. The molecule has 0 saturated carbocycles. The third kappa shape index (κ3) is 2.90. The van der Waals surface area contributed by atoms with Crippen molar-refractivity contribution in [2.45, 2.75) is 20.8 Å². The van der Waals surface area contributed by atoms with E-state index in [2.05, 4.69) is 15.3 Å². The lowest BCUT2D eigenvalue weighted by Crippen LogP contribution is -2.16. The van der Waals surface area contributed by atoms with Gasteiger partial charge in [-0.1, -0.05) is 11.6 Å². The maximum Gasteiger partial charge on any atom is 0.274 e. The molecular formula is C14H14ClN3O. The van der Waals surface area contributed by atoms with Gasteiger partial charge in [0.1, 0.15) is 12.0 Å². The lowest BCUT2D eigenvalue weighted by molar-refractivity contribution is 0.102. The van der Waals surface area contributed by atoms with Crippen molar-refractivity contribution in [3.8, 4) is 0 Å². The van der Waals surface area contributed by atoms with E-state index in [1.54, 1.807) is 12.1 Å². The van der Waals surface area contributed by atoms with Gasteiger partial charge in [-0.3, -0.25) is 4.79 Å². The molecule has 2 aromatic rings. The van der Waals surface area contributed by atoms with Crippen molar-refractivity contribution in [1.82, 2.24) is 9.97 Å². The molecule has 2 rings (SSSR count). The summed E-state index contributed by atoms with van der Waals surface area (Å²) in [5, 5.41) is 3.48. The van der Waals surface area contributed by atoms with Crippen LogP contribution in [0.25, 0.3) is 0 Å². The van der Waals surface area contributed by atoms with Crippen LogP contribution < -0.4 is 5.32 Å². The first-order valence-corrected chi connectivity index (χ1v) is 6.22. The number of nitrogens with zero attached hydrogens (tertiary/aromatic N) is 2. The van der Waals surface area contributed by atoms with Gasteiger partial charge in [-0.15, -0.1) is 0 Å². The molecule has 0 saturated heterocycles. The zero-order valence-corrected chi connectivity index (χ0v) is 11.7. The summed E-state index contributed by atoms with van der Waals surface area (Å²) in [6, 6.07) is 5.34. The Bertz CT molecular complexity index is 641. The van der Waals surface area contributed by atoms with E-state index in [0.717, 1.165) is 16.8 Å². The minimum Gasteiger partial charge on any atom is -0.321 e. The van der Waals surface area contributed by atoms with Gasteiger partial charge in [0.2, 0.25) is 0 Å². The van der Waals surface area contributed by atoms with Gasteiger partial charge < -0.3 is 5.32 Å². The van der Waals surface area contributed by atoms with Crippen LogP contribution in [0.1, 0.15) is 27.3 Å². The number of benzene rings is 1. The second-order valence-corrected chi connectivity index (χ2v) is 4.76. The molecule has 0 radical (unpaired) electrons. The third-order valence-electron chi connectivity index (χ3n) is 2.97.